The molecule has 0 unspecified atom stereocenters. The fourth-order valence-corrected chi connectivity index (χ4v) is 5.28. The number of hydrogen-bond donors (Lipinski definition) is 0. The highest BCUT2D eigenvalue weighted by molar-refractivity contribution is 5.14. The SMILES string of the molecule is CCCCCCCCCCCCCCCCCn1cc[n+](CCCc2ccccc2)c1CCCC. The molecule has 0 aliphatic carbocycles. The van der Waals surface area contributed by atoms with E-state index in [0.717, 1.165) is 6.54 Å². The third-order valence-corrected chi connectivity index (χ3v) is 7.55. The number of rotatable bonds is 23. The molecule has 2 nitrogen and oxygen atoms in total. The summed E-state index contributed by atoms with van der Waals surface area (Å²) in [5.41, 5.74) is 1.46. The number of aryl methyl sites for hydroxylation is 3. The number of unbranched alkanes of at least 4 members (excludes halogenated alkanes) is 15. The van der Waals surface area contributed by atoms with Crippen LogP contribution in [-0.4, -0.2) is 4.57 Å². The molecular weight excluding hydrogens is 424 g/mol. The van der Waals surface area contributed by atoms with E-state index >= 15 is 0 Å². The van der Waals surface area contributed by atoms with Gasteiger partial charge in [-0.3, -0.25) is 0 Å². The summed E-state index contributed by atoms with van der Waals surface area (Å²) in [6.45, 7) is 6.95. The lowest BCUT2D eigenvalue weighted by Crippen LogP contribution is -2.37. The largest absolute Gasteiger partial charge is 0.256 e. The predicted octanol–water partition coefficient (Wildman–Crippen LogP) is 9.62. The fourth-order valence-electron chi connectivity index (χ4n) is 5.28. The molecule has 1 aromatic carbocycles. The van der Waals surface area contributed by atoms with Crippen molar-refractivity contribution in [1.29, 1.82) is 0 Å². The van der Waals surface area contributed by atoms with Crippen LogP contribution in [0.25, 0.3) is 0 Å². The summed E-state index contributed by atoms with van der Waals surface area (Å²) in [6, 6.07) is 10.9. The zero-order valence-electron chi connectivity index (χ0n) is 23.5. The second-order valence-electron chi connectivity index (χ2n) is 10.7. The molecule has 2 heteroatoms. The Morgan fingerprint density at radius 3 is 1.69 bits per heavy atom. The van der Waals surface area contributed by atoms with Crippen LogP contribution in [0.4, 0.5) is 0 Å². The van der Waals surface area contributed by atoms with Crippen molar-refractivity contribution in [2.45, 2.75) is 155 Å². The molecule has 0 radical (unpaired) electrons. The van der Waals surface area contributed by atoms with Gasteiger partial charge in [-0.25, -0.2) is 9.13 Å². The maximum atomic E-state index is 2.56. The Morgan fingerprint density at radius 2 is 1.11 bits per heavy atom. The maximum Gasteiger partial charge on any atom is 0.256 e. The highest BCUT2D eigenvalue weighted by Crippen LogP contribution is 2.14. The van der Waals surface area contributed by atoms with Gasteiger partial charge < -0.3 is 0 Å². The summed E-state index contributed by atoms with van der Waals surface area (Å²) in [6.07, 6.45) is 32.4. The molecule has 1 aromatic heterocycles. The number of nitrogens with zero attached hydrogens (tertiary/aromatic N) is 2. The molecule has 0 spiro atoms. The maximum absolute atomic E-state index is 2.56. The van der Waals surface area contributed by atoms with Gasteiger partial charge in [0, 0.05) is 6.42 Å². The number of aromatic nitrogens is 2. The fraction of sp³-hybridized carbons (Fsp3) is 0.727. The summed E-state index contributed by atoms with van der Waals surface area (Å²) in [5.74, 6) is 1.55. The molecule has 0 bridgehead atoms. The van der Waals surface area contributed by atoms with Gasteiger partial charge in [0.2, 0.25) is 0 Å². The van der Waals surface area contributed by atoms with Gasteiger partial charge in [0.25, 0.3) is 5.82 Å². The Hall–Kier alpha value is -1.57. The molecule has 0 saturated carbocycles. The van der Waals surface area contributed by atoms with Gasteiger partial charge in [0.15, 0.2) is 0 Å². The van der Waals surface area contributed by atoms with Crippen LogP contribution in [0.1, 0.15) is 141 Å². The lowest BCUT2D eigenvalue weighted by Gasteiger charge is -2.06. The Labute approximate surface area is 218 Å². The van der Waals surface area contributed by atoms with Crippen LogP contribution in [0.3, 0.4) is 0 Å². The van der Waals surface area contributed by atoms with E-state index in [0.29, 0.717) is 0 Å². The van der Waals surface area contributed by atoms with Crippen molar-refractivity contribution in [2.24, 2.45) is 0 Å². The van der Waals surface area contributed by atoms with E-state index in [-0.39, 0.29) is 0 Å². The molecule has 2 aromatic rings. The van der Waals surface area contributed by atoms with Crippen molar-refractivity contribution in [3.8, 4) is 0 Å². The quantitative estimate of drug-likeness (QED) is 0.110. The van der Waals surface area contributed by atoms with Gasteiger partial charge in [0.05, 0.1) is 13.1 Å². The molecule has 0 saturated heterocycles. The Balaban J connectivity index is 1.53. The molecule has 1 heterocycles. The molecule has 35 heavy (non-hydrogen) atoms. The van der Waals surface area contributed by atoms with Gasteiger partial charge in [0.1, 0.15) is 12.4 Å². The molecule has 0 atom stereocenters. The average Bonchev–Trinajstić information content (AvgIpc) is 3.27. The Bertz CT molecular complexity index is 718. The lowest BCUT2D eigenvalue weighted by atomic mass is 10.0. The number of imidazole rings is 1. The third-order valence-electron chi connectivity index (χ3n) is 7.55. The summed E-state index contributed by atoms with van der Waals surface area (Å²) in [5, 5.41) is 0. The summed E-state index contributed by atoms with van der Waals surface area (Å²) in [4.78, 5) is 0. The molecule has 198 valence electrons. The van der Waals surface area contributed by atoms with Crippen LogP contribution < -0.4 is 4.57 Å². The smallest absolute Gasteiger partial charge is 0.234 e. The molecule has 0 fully saturated rings. The van der Waals surface area contributed by atoms with E-state index in [1.807, 2.05) is 0 Å². The van der Waals surface area contributed by atoms with Gasteiger partial charge in [-0.05, 0) is 37.7 Å². The first-order chi connectivity index (χ1) is 17.3. The van der Waals surface area contributed by atoms with Crippen LogP contribution in [-0.2, 0) is 25.9 Å². The van der Waals surface area contributed by atoms with Crippen LogP contribution >= 0.6 is 0 Å². The molecular formula is C33H57N2+. The molecule has 0 aliphatic heterocycles. The second kappa shape index (κ2) is 20.6. The van der Waals surface area contributed by atoms with E-state index in [2.05, 4.69) is 65.7 Å². The monoisotopic (exact) mass is 481 g/mol. The van der Waals surface area contributed by atoms with Crippen molar-refractivity contribution in [2.75, 3.05) is 0 Å². The van der Waals surface area contributed by atoms with E-state index in [1.54, 1.807) is 5.82 Å². The molecule has 0 amide bonds. The van der Waals surface area contributed by atoms with Gasteiger partial charge in [-0.15, -0.1) is 0 Å². The highest BCUT2D eigenvalue weighted by Gasteiger charge is 2.16. The highest BCUT2D eigenvalue weighted by atomic mass is 15.1. The Kier molecular flexibility index (Phi) is 17.5. The first-order valence-corrected chi connectivity index (χ1v) is 15.5. The van der Waals surface area contributed by atoms with Crippen molar-refractivity contribution < 1.29 is 4.57 Å². The van der Waals surface area contributed by atoms with E-state index in [9.17, 15) is 0 Å². The second-order valence-corrected chi connectivity index (χ2v) is 10.7. The lowest BCUT2D eigenvalue weighted by molar-refractivity contribution is -0.704. The minimum atomic E-state index is 1.14. The number of hydrogen-bond acceptors (Lipinski definition) is 0. The van der Waals surface area contributed by atoms with Gasteiger partial charge in [-0.1, -0.05) is 134 Å². The van der Waals surface area contributed by atoms with Crippen LogP contribution in [0.15, 0.2) is 42.7 Å². The standard InChI is InChI=1S/C33H57N2/c1-3-5-7-8-9-10-11-12-13-14-15-16-17-18-22-28-34-30-31-35(33(34)27-6-4-2)29-23-26-32-24-20-19-21-25-32/h19-21,24-25,30-31H,3-18,22-23,26-29H2,1-2H3/q+1. The third kappa shape index (κ3) is 13.9. The minimum Gasteiger partial charge on any atom is -0.234 e. The Morgan fingerprint density at radius 1 is 0.571 bits per heavy atom. The molecule has 0 aliphatic rings. The van der Waals surface area contributed by atoms with Gasteiger partial charge >= 0.3 is 0 Å². The van der Waals surface area contributed by atoms with Crippen molar-refractivity contribution in [1.82, 2.24) is 4.57 Å². The zero-order valence-corrected chi connectivity index (χ0v) is 23.5. The van der Waals surface area contributed by atoms with Crippen molar-refractivity contribution in [3.05, 3.63) is 54.1 Å². The molecule has 2 rings (SSSR count). The van der Waals surface area contributed by atoms with Crippen molar-refractivity contribution in [3.63, 3.8) is 0 Å². The molecule has 0 N–H and O–H groups in total. The van der Waals surface area contributed by atoms with Crippen LogP contribution in [0.2, 0.25) is 0 Å². The minimum absolute atomic E-state index is 1.14. The van der Waals surface area contributed by atoms with E-state index in [4.69, 9.17) is 0 Å². The van der Waals surface area contributed by atoms with Gasteiger partial charge in [-0.2, -0.15) is 0 Å². The topological polar surface area (TPSA) is 8.81 Å². The first-order valence-electron chi connectivity index (χ1n) is 15.5. The normalized spacial score (nSPS) is 11.4. The van der Waals surface area contributed by atoms with E-state index < -0.39 is 0 Å². The zero-order chi connectivity index (χ0) is 24.8. The first kappa shape index (κ1) is 29.7. The van der Waals surface area contributed by atoms with Crippen LogP contribution in [0.5, 0.6) is 0 Å². The number of benzene rings is 1. The van der Waals surface area contributed by atoms with Crippen LogP contribution in [0, 0.1) is 0 Å². The summed E-state index contributed by atoms with van der Waals surface area (Å²) in [7, 11) is 0. The predicted molar refractivity (Wildman–Crippen MR) is 153 cm³/mol. The van der Waals surface area contributed by atoms with E-state index in [1.165, 1.54) is 141 Å². The average molecular weight is 482 g/mol. The summed E-state index contributed by atoms with van der Waals surface area (Å²) >= 11 is 0. The van der Waals surface area contributed by atoms with Crippen molar-refractivity contribution >= 4 is 0 Å². The summed E-state index contributed by atoms with van der Waals surface area (Å²) < 4.78 is 5.09.